The molecular weight excluding hydrogens is 246 g/mol. The Bertz CT molecular complexity index is 377. The highest BCUT2D eigenvalue weighted by atomic mass is 16.2. The van der Waals surface area contributed by atoms with Crippen molar-refractivity contribution in [1.82, 2.24) is 15.5 Å². The summed E-state index contributed by atoms with van der Waals surface area (Å²) in [5.41, 5.74) is -0.885. The summed E-state index contributed by atoms with van der Waals surface area (Å²) in [6.07, 6.45) is 1.82. The summed E-state index contributed by atoms with van der Waals surface area (Å²) in [5, 5.41) is 5.11. The number of rotatable bonds is 6. The second-order valence-corrected chi connectivity index (χ2v) is 4.96. The van der Waals surface area contributed by atoms with Gasteiger partial charge in [0.25, 0.3) is 5.91 Å². The van der Waals surface area contributed by atoms with Gasteiger partial charge in [-0.15, -0.1) is 0 Å². The van der Waals surface area contributed by atoms with Crippen LogP contribution in [0.1, 0.15) is 47.0 Å². The van der Waals surface area contributed by atoms with E-state index in [0.717, 1.165) is 6.42 Å². The Morgan fingerprint density at radius 3 is 2.37 bits per heavy atom. The van der Waals surface area contributed by atoms with E-state index in [2.05, 4.69) is 10.6 Å². The summed E-state index contributed by atoms with van der Waals surface area (Å²) in [6.45, 7) is 7.49. The van der Waals surface area contributed by atoms with Gasteiger partial charge in [-0.25, -0.2) is 4.79 Å². The molecule has 0 aromatic rings. The molecule has 0 spiro atoms. The van der Waals surface area contributed by atoms with Gasteiger partial charge in [-0.3, -0.25) is 14.9 Å². The predicted molar refractivity (Wildman–Crippen MR) is 71.5 cm³/mol. The molecule has 0 aliphatic carbocycles. The molecule has 1 atom stereocenters. The van der Waals surface area contributed by atoms with Crippen LogP contribution in [0.2, 0.25) is 0 Å². The summed E-state index contributed by atoms with van der Waals surface area (Å²) >= 11 is 0. The van der Waals surface area contributed by atoms with E-state index in [0.29, 0.717) is 12.8 Å². The zero-order chi connectivity index (χ0) is 14.6. The first-order valence-electron chi connectivity index (χ1n) is 6.83. The van der Waals surface area contributed by atoms with E-state index < -0.39 is 11.6 Å². The van der Waals surface area contributed by atoms with Crippen LogP contribution in [-0.4, -0.2) is 40.9 Å². The van der Waals surface area contributed by atoms with Crippen molar-refractivity contribution in [2.24, 2.45) is 0 Å². The van der Waals surface area contributed by atoms with Gasteiger partial charge in [-0.05, 0) is 26.2 Å². The van der Waals surface area contributed by atoms with Gasteiger partial charge in [0, 0.05) is 6.04 Å². The van der Waals surface area contributed by atoms with Crippen LogP contribution in [-0.2, 0) is 9.59 Å². The van der Waals surface area contributed by atoms with Crippen LogP contribution < -0.4 is 10.6 Å². The number of amides is 4. The minimum absolute atomic E-state index is 0.0616. The van der Waals surface area contributed by atoms with Crippen molar-refractivity contribution in [3.63, 3.8) is 0 Å². The highest BCUT2D eigenvalue weighted by Gasteiger charge is 2.50. The highest BCUT2D eigenvalue weighted by Crippen LogP contribution is 2.28. The lowest BCUT2D eigenvalue weighted by atomic mass is 9.91. The van der Waals surface area contributed by atoms with Crippen LogP contribution in [0.3, 0.4) is 0 Å². The molecule has 108 valence electrons. The quantitative estimate of drug-likeness (QED) is 0.706. The van der Waals surface area contributed by atoms with Crippen molar-refractivity contribution in [2.45, 2.75) is 58.5 Å². The third-order valence-corrected chi connectivity index (χ3v) is 3.90. The van der Waals surface area contributed by atoms with Crippen LogP contribution in [0.5, 0.6) is 0 Å². The van der Waals surface area contributed by atoms with Crippen LogP contribution in [0.25, 0.3) is 0 Å². The van der Waals surface area contributed by atoms with Crippen molar-refractivity contribution in [3.05, 3.63) is 0 Å². The maximum atomic E-state index is 11.9. The molecule has 1 saturated heterocycles. The van der Waals surface area contributed by atoms with Crippen molar-refractivity contribution in [3.8, 4) is 0 Å². The lowest BCUT2D eigenvalue weighted by molar-refractivity contribution is -0.129. The van der Waals surface area contributed by atoms with E-state index in [1.165, 1.54) is 4.90 Å². The second kappa shape index (κ2) is 6.04. The second-order valence-electron chi connectivity index (χ2n) is 4.96. The van der Waals surface area contributed by atoms with Crippen LogP contribution in [0, 0.1) is 0 Å². The third-order valence-electron chi connectivity index (χ3n) is 3.90. The molecular formula is C13H23N3O3. The van der Waals surface area contributed by atoms with Gasteiger partial charge in [-0.1, -0.05) is 20.8 Å². The Kier molecular flexibility index (Phi) is 4.91. The monoisotopic (exact) mass is 269 g/mol. The number of carbonyl (C=O) groups is 3. The number of hydrogen-bond donors (Lipinski definition) is 2. The number of urea groups is 1. The van der Waals surface area contributed by atoms with E-state index in [1.807, 2.05) is 27.7 Å². The molecule has 6 nitrogen and oxygen atoms in total. The third kappa shape index (κ3) is 2.88. The fourth-order valence-electron chi connectivity index (χ4n) is 2.34. The standard InChI is InChI=1S/C13H23N3O3/c1-5-9(4)14-10(17)8-16-12(19)15-11(18)13(16,6-2)7-3/h9H,5-8H2,1-4H3,(H,14,17)(H,15,18,19). The number of hydrogen-bond acceptors (Lipinski definition) is 3. The van der Waals surface area contributed by atoms with Crippen LogP contribution in [0.4, 0.5) is 4.79 Å². The van der Waals surface area contributed by atoms with Gasteiger partial charge in [0.15, 0.2) is 0 Å². The van der Waals surface area contributed by atoms with Gasteiger partial charge in [-0.2, -0.15) is 0 Å². The predicted octanol–water partition coefficient (Wildman–Crippen LogP) is 1.01. The molecule has 6 heteroatoms. The first kappa shape index (κ1) is 15.5. The first-order chi connectivity index (χ1) is 8.91. The SMILES string of the molecule is CCC(C)NC(=O)CN1C(=O)NC(=O)C1(CC)CC. The summed E-state index contributed by atoms with van der Waals surface area (Å²) in [4.78, 5) is 37.0. The van der Waals surface area contributed by atoms with Gasteiger partial charge < -0.3 is 10.2 Å². The molecule has 1 aliphatic rings. The average Bonchev–Trinajstić information content (AvgIpc) is 2.61. The Morgan fingerprint density at radius 1 is 1.32 bits per heavy atom. The largest absolute Gasteiger partial charge is 0.352 e. The average molecular weight is 269 g/mol. The zero-order valence-electron chi connectivity index (χ0n) is 12.1. The molecule has 1 aliphatic heterocycles. The van der Waals surface area contributed by atoms with Gasteiger partial charge in [0.1, 0.15) is 12.1 Å². The molecule has 0 aromatic carbocycles. The maximum Gasteiger partial charge on any atom is 0.325 e. The van der Waals surface area contributed by atoms with Crippen molar-refractivity contribution in [1.29, 1.82) is 0 Å². The molecule has 1 heterocycles. The Labute approximate surface area is 113 Å². The van der Waals surface area contributed by atoms with E-state index in [1.54, 1.807) is 0 Å². The summed E-state index contributed by atoms with van der Waals surface area (Å²) in [7, 11) is 0. The molecule has 2 N–H and O–H groups in total. The molecule has 1 unspecified atom stereocenters. The fourth-order valence-corrected chi connectivity index (χ4v) is 2.34. The number of nitrogens with one attached hydrogen (secondary N) is 2. The molecule has 0 aromatic heterocycles. The Balaban J connectivity index is 2.82. The van der Waals surface area contributed by atoms with Crippen LogP contribution in [0.15, 0.2) is 0 Å². The zero-order valence-corrected chi connectivity index (χ0v) is 12.1. The van der Waals surface area contributed by atoms with Crippen molar-refractivity contribution < 1.29 is 14.4 Å². The Morgan fingerprint density at radius 2 is 1.89 bits per heavy atom. The van der Waals surface area contributed by atoms with E-state index in [-0.39, 0.29) is 24.4 Å². The lowest BCUT2D eigenvalue weighted by Gasteiger charge is -2.33. The van der Waals surface area contributed by atoms with Gasteiger partial charge in [0.2, 0.25) is 5.91 Å². The van der Waals surface area contributed by atoms with Crippen molar-refractivity contribution in [2.75, 3.05) is 6.54 Å². The highest BCUT2D eigenvalue weighted by molar-refractivity contribution is 6.08. The first-order valence-corrected chi connectivity index (χ1v) is 6.83. The summed E-state index contributed by atoms with van der Waals surface area (Å²) in [6, 6.07) is -0.417. The minimum atomic E-state index is -0.885. The molecule has 0 saturated carbocycles. The molecule has 4 amide bonds. The number of nitrogens with zero attached hydrogens (tertiary/aromatic N) is 1. The van der Waals surface area contributed by atoms with E-state index >= 15 is 0 Å². The Hall–Kier alpha value is -1.59. The lowest BCUT2D eigenvalue weighted by Crippen LogP contribution is -2.52. The van der Waals surface area contributed by atoms with E-state index in [4.69, 9.17) is 0 Å². The van der Waals surface area contributed by atoms with Gasteiger partial charge in [0.05, 0.1) is 0 Å². The molecule has 1 rings (SSSR count). The molecule has 0 radical (unpaired) electrons. The number of carbonyl (C=O) groups excluding carboxylic acids is 3. The molecule has 19 heavy (non-hydrogen) atoms. The topological polar surface area (TPSA) is 78.5 Å². The van der Waals surface area contributed by atoms with E-state index in [9.17, 15) is 14.4 Å². The normalized spacial score (nSPS) is 19.3. The van der Waals surface area contributed by atoms with Gasteiger partial charge >= 0.3 is 6.03 Å². The fraction of sp³-hybridized carbons (Fsp3) is 0.769. The van der Waals surface area contributed by atoms with Crippen molar-refractivity contribution >= 4 is 17.8 Å². The summed E-state index contributed by atoms with van der Waals surface area (Å²) < 4.78 is 0. The van der Waals surface area contributed by atoms with Crippen LogP contribution >= 0.6 is 0 Å². The molecule has 0 bridgehead atoms. The maximum absolute atomic E-state index is 11.9. The molecule has 1 fully saturated rings. The smallest absolute Gasteiger partial charge is 0.325 e. The minimum Gasteiger partial charge on any atom is -0.352 e. The number of imide groups is 1. The summed E-state index contributed by atoms with van der Waals surface area (Å²) in [5.74, 6) is -0.538.